The Bertz CT molecular complexity index is 591. The molecular weight excluding hydrogens is 312 g/mol. The summed E-state index contributed by atoms with van der Waals surface area (Å²) in [6.45, 7) is 3.54. The number of rotatable bonds is 4. The van der Waals surface area contributed by atoms with Crippen molar-refractivity contribution in [2.75, 3.05) is 14.1 Å². The third kappa shape index (κ3) is 4.19. The Labute approximate surface area is 132 Å². The predicted octanol–water partition coefficient (Wildman–Crippen LogP) is 3.37. The Morgan fingerprint density at radius 3 is 2.80 bits per heavy atom. The topological polar surface area (TPSA) is 40.5 Å². The highest BCUT2D eigenvalue weighted by Gasteiger charge is 2.09. The standard InChI is InChI=1S/C13H17ClN4S2/c1-9-6-16-12(19-9)7-17-13(15-2)18(3)8-10-4-5-11(14)20-10/h4-6H,7-8H2,1-3H3,(H,15,17). The molecule has 2 aromatic rings. The smallest absolute Gasteiger partial charge is 0.194 e. The van der Waals surface area contributed by atoms with Crippen molar-refractivity contribution in [1.82, 2.24) is 15.2 Å². The first-order valence-corrected chi connectivity index (χ1v) is 8.17. The van der Waals surface area contributed by atoms with Crippen molar-refractivity contribution >= 4 is 40.2 Å². The van der Waals surface area contributed by atoms with E-state index in [2.05, 4.69) is 27.1 Å². The Morgan fingerprint density at radius 1 is 1.45 bits per heavy atom. The number of hydrogen-bond donors (Lipinski definition) is 1. The third-order valence-electron chi connectivity index (χ3n) is 2.66. The van der Waals surface area contributed by atoms with Gasteiger partial charge >= 0.3 is 0 Å². The molecule has 20 heavy (non-hydrogen) atoms. The molecule has 7 heteroatoms. The first-order valence-electron chi connectivity index (χ1n) is 6.16. The van der Waals surface area contributed by atoms with Crippen LogP contribution in [0.25, 0.3) is 0 Å². The zero-order valence-electron chi connectivity index (χ0n) is 11.7. The summed E-state index contributed by atoms with van der Waals surface area (Å²) >= 11 is 9.24. The van der Waals surface area contributed by atoms with Crippen LogP contribution in [-0.2, 0) is 13.1 Å². The Kier molecular flexibility index (Phi) is 5.39. The molecule has 2 heterocycles. The van der Waals surface area contributed by atoms with E-state index in [4.69, 9.17) is 11.6 Å². The Balaban J connectivity index is 1.90. The summed E-state index contributed by atoms with van der Waals surface area (Å²) in [7, 11) is 3.80. The average Bonchev–Trinajstić information content (AvgIpc) is 2.99. The maximum Gasteiger partial charge on any atom is 0.194 e. The summed E-state index contributed by atoms with van der Waals surface area (Å²) in [6.07, 6.45) is 1.89. The molecule has 0 fully saturated rings. The van der Waals surface area contributed by atoms with Gasteiger partial charge in [0.25, 0.3) is 0 Å². The highest BCUT2D eigenvalue weighted by Crippen LogP contribution is 2.22. The molecule has 0 aliphatic rings. The first-order chi connectivity index (χ1) is 9.58. The van der Waals surface area contributed by atoms with Crippen LogP contribution < -0.4 is 5.32 Å². The molecule has 0 saturated heterocycles. The quantitative estimate of drug-likeness (QED) is 0.691. The van der Waals surface area contributed by atoms with Gasteiger partial charge in [-0.3, -0.25) is 4.99 Å². The monoisotopic (exact) mass is 328 g/mol. The minimum absolute atomic E-state index is 0.695. The number of aromatic nitrogens is 1. The van der Waals surface area contributed by atoms with E-state index in [-0.39, 0.29) is 0 Å². The van der Waals surface area contributed by atoms with Crippen LogP contribution in [0.15, 0.2) is 23.3 Å². The number of thiophene rings is 1. The van der Waals surface area contributed by atoms with Crippen LogP contribution in [0.5, 0.6) is 0 Å². The summed E-state index contributed by atoms with van der Waals surface area (Å²) in [5.74, 6) is 0.849. The Hall–Kier alpha value is -1.11. The van der Waals surface area contributed by atoms with Gasteiger partial charge in [0.15, 0.2) is 5.96 Å². The zero-order chi connectivity index (χ0) is 14.5. The van der Waals surface area contributed by atoms with Crippen LogP contribution in [-0.4, -0.2) is 29.9 Å². The number of thiazole rings is 1. The van der Waals surface area contributed by atoms with Gasteiger partial charge in [-0.25, -0.2) is 4.98 Å². The van der Waals surface area contributed by atoms with E-state index in [9.17, 15) is 0 Å². The molecule has 0 atom stereocenters. The minimum Gasteiger partial charge on any atom is -0.350 e. The fraction of sp³-hybridized carbons (Fsp3) is 0.385. The van der Waals surface area contributed by atoms with E-state index < -0.39 is 0 Å². The maximum absolute atomic E-state index is 5.95. The lowest BCUT2D eigenvalue weighted by molar-refractivity contribution is 0.481. The molecule has 2 aromatic heterocycles. The van der Waals surface area contributed by atoms with Gasteiger partial charge in [0.1, 0.15) is 5.01 Å². The van der Waals surface area contributed by atoms with Crippen molar-refractivity contribution in [3.8, 4) is 0 Å². The van der Waals surface area contributed by atoms with Crippen LogP contribution in [0.2, 0.25) is 4.34 Å². The van der Waals surface area contributed by atoms with Gasteiger partial charge in [-0.15, -0.1) is 22.7 Å². The number of hydrogen-bond acceptors (Lipinski definition) is 4. The molecule has 108 valence electrons. The second-order valence-electron chi connectivity index (χ2n) is 4.33. The molecule has 2 rings (SSSR count). The van der Waals surface area contributed by atoms with Crippen LogP contribution in [0.1, 0.15) is 14.8 Å². The molecule has 0 bridgehead atoms. The molecule has 0 radical (unpaired) electrons. The van der Waals surface area contributed by atoms with Gasteiger partial charge in [-0.05, 0) is 19.1 Å². The van der Waals surface area contributed by atoms with Crippen LogP contribution in [0, 0.1) is 6.92 Å². The van der Waals surface area contributed by atoms with Gasteiger partial charge < -0.3 is 10.2 Å². The number of nitrogens with one attached hydrogen (secondary N) is 1. The van der Waals surface area contributed by atoms with E-state index in [1.54, 1.807) is 29.7 Å². The lowest BCUT2D eigenvalue weighted by Crippen LogP contribution is -2.37. The van der Waals surface area contributed by atoms with E-state index in [0.29, 0.717) is 6.54 Å². The summed E-state index contributed by atoms with van der Waals surface area (Å²) in [5, 5.41) is 4.39. The fourth-order valence-corrected chi connectivity index (χ4v) is 3.64. The molecule has 0 unspecified atom stereocenters. The van der Waals surface area contributed by atoms with Crippen LogP contribution >= 0.6 is 34.3 Å². The molecule has 0 aliphatic heterocycles. The van der Waals surface area contributed by atoms with E-state index in [1.807, 2.05) is 25.4 Å². The number of halogens is 1. The lowest BCUT2D eigenvalue weighted by atomic mass is 10.4. The molecule has 0 aliphatic carbocycles. The van der Waals surface area contributed by atoms with Crippen molar-refractivity contribution in [3.63, 3.8) is 0 Å². The summed E-state index contributed by atoms with van der Waals surface area (Å²) in [4.78, 5) is 13.1. The normalized spacial score (nSPS) is 11.7. The highest BCUT2D eigenvalue weighted by molar-refractivity contribution is 7.16. The number of aliphatic imine (C=N–C) groups is 1. The van der Waals surface area contributed by atoms with Crippen LogP contribution in [0.4, 0.5) is 0 Å². The SMILES string of the molecule is CN=C(NCc1ncc(C)s1)N(C)Cc1ccc(Cl)s1. The molecule has 0 spiro atoms. The van der Waals surface area contributed by atoms with Crippen molar-refractivity contribution in [2.45, 2.75) is 20.0 Å². The highest BCUT2D eigenvalue weighted by atomic mass is 35.5. The number of guanidine groups is 1. The largest absolute Gasteiger partial charge is 0.350 e. The van der Waals surface area contributed by atoms with Gasteiger partial charge in [-0.2, -0.15) is 0 Å². The Morgan fingerprint density at radius 2 is 2.25 bits per heavy atom. The summed E-state index contributed by atoms with van der Waals surface area (Å²) in [6, 6.07) is 3.96. The number of nitrogens with zero attached hydrogens (tertiary/aromatic N) is 3. The summed E-state index contributed by atoms with van der Waals surface area (Å²) < 4.78 is 0.814. The minimum atomic E-state index is 0.695. The fourth-order valence-electron chi connectivity index (χ4n) is 1.77. The zero-order valence-corrected chi connectivity index (χ0v) is 14.1. The van der Waals surface area contributed by atoms with E-state index >= 15 is 0 Å². The predicted molar refractivity (Wildman–Crippen MR) is 87.8 cm³/mol. The van der Waals surface area contributed by atoms with E-state index in [1.165, 1.54) is 9.75 Å². The molecule has 0 amide bonds. The lowest BCUT2D eigenvalue weighted by Gasteiger charge is -2.21. The molecule has 4 nitrogen and oxygen atoms in total. The van der Waals surface area contributed by atoms with Gasteiger partial charge in [0.05, 0.1) is 17.4 Å². The molecule has 1 N–H and O–H groups in total. The second kappa shape index (κ2) is 7.06. The van der Waals surface area contributed by atoms with Gasteiger partial charge in [0.2, 0.25) is 0 Å². The number of aryl methyl sites for hydroxylation is 1. The first kappa shape index (κ1) is 15.3. The molecule has 0 aromatic carbocycles. The molecule has 0 saturated carbocycles. The second-order valence-corrected chi connectivity index (χ2v) is 7.45. The molecular formula is C13H17ClN4S2. The van der Waals surface area contributed by atoms with Crippen molar-refractivity contribution in [1.29, 1.82) is 0 Å². The van der Waals surface area contributed by atoms with E-state index in [0.717, 1.165) is 21.8 Å². The van der Waals surface area contributed by atoms with Crippen LogP contribution in [0.3, 0.4) is 0 Å². The maximum atomic E-state index is 5.95. The van der Waals surface area contributed by atoms with Gasteiger partial charge in [-0.1, -0.05) is 11.6 Å². The summed E-state index contributed by atoms with van der Waals surface area (Å²) in [5.41, 5.74) is 0. The van der Waals surface area contributed by atoms with Crippen molar-refractivity contribution in [2.24, 2.45) is 4.99 Å². The van der Waals surface area contributed by atoms with Crippen molar-refractivity contribution in [3.05, 3.63) is 37.4 Å². The van der Waals surface area contributed by atoms with Crippen molar-refractivity contribution < 1.29 is 0 Å². The van der Waals surface area contributed by atoms with Gasteiger partial charge in [0, 0.05) is 30.0 Å². The third-order valence-corrected chi connectivity index (χ3v) is 4.79. The average molecular weight is 329 g/mol.